The highest BCUT2D eigenvalue weighted by Crippen LogP contribution is 2.77. The van der Waals surface area contributed by atoms with E-state index in [1.54, 1.807) is 6.92 Å². The second-order valence-electron chi connectivity index (χ2n) is 17.0. The van der Waals surface area contributed by atoms with Crippen molar-refractivity contribution in [2.45, 2.75) is 131 Å². The summed E-state index contributed by atoms with van der Waals surface area (Å²) in [5.74, 6) is -0.810. The van der Waals surface area contributed by atoms with Gasteiger partial charge in [0, 0.05) is 0 Å². The normalized spacial score (nSPS) is 47.8. The van der Waals surface area contributed by atoms with Crippen LogP contribution < -0.4 is 5.32 Å². The highest BCUT2D eigenvalue weighted by Gasteiger charge is 2.73. The summed E-state index contributed by atoms with van der Waals surface area (Å²) >= 11 is 0. The van der Waals surface area contributed by atoms with Crippen LogP contribution in [0.4, 0.5) is 0 Å². The van der Waals surface area contributed by atoms with Crippen LogP contribution in [0.2, 0.25) is 0 Å². The van der Waals surface area contributed by atoms with Crippen molar-refractivity contribution in [3.05, 3.63) is 12.2 Å². The van der Waals surface area contributed by atoms with Gasteiger partial charge in [0.2, 0.25) is 5.91 Å². The molecule has 5 aliphatic rings. The maximum atomic E-state index is 14.3. The maximum Gasteiger partial charge on any atom is 0.326 e. The van der Waals surface area contributed by atoms with Crippen molar-refractivity contribution in [2.75, 3.05) is 0 Å². The van der Waals surface area contributed by atoms with Gasteiger partial charge in [0.15, 0.2) is 0 Å². The number of hydrogen-bond donors (Lipinski definition) is 4. The van der Waals surface area contributed by atoms with Crippen molar-refractivity contribution in [3.8, 4) is 0 Å². The van der Waals surface area contributed by atoms with E-state index in [9.17, 15) is 29.7 Å². The average molecular weight is 600 g/mol. The first-order chi connectivity index (χ1) is 19.9. The molecule has 5 aliphatic carbocycles. The van der Waals surface area contributed by atoms with Crippen molar-refractivity contribution in [1.82, 2.24) is 5.32 Å². The fourth-order valence-corrected chi connectivity index (χ4v) is 12.5. The van der Waals surface area contributed by atoms with Gasteiger partial charge in [-0.05, 0) is 136 Å². The number of carbonyl (C=O) groups excluding carboxylic acids is 1. The third kappa shape index (κ3) is 4.40. The lowest BCUT2D eigenvalue weighted by Crippen LogP contribution is -2.68. The Kier molecular flexibility index (Phi) is 8.01. The zero-order chi connectivity index (χ0) is 31.9. The number of hydrogen-bond acceptors (Lipinski definition) is 4. The molecule has 5 saturated carbocycles. The van der Waals surface area contributed by atoms with Crippen LogP contribution >= 0.6 is 0 Å². The summed E-state index contributed by atoms with van der Waals surface area (Å²) in [4.78, 5) is 39.2. The van der Waals surface area contributed by atoms with Gasteiger partial charge in [-0.1, -0.05) is 46.8 Å². The fraction of sp³-hybridized carbons (Fsp3) is 0.861. The summed E-state index contributed by atoms with van der Waals surface area (Å²) in [5, 5.41) is 34.4. The van der Waals surface area contributed by atoms with E-state index in [4.69, 9.17) is 0 Å². The SMILES string of the molecule is C=C(C)[C@@H]1CC[C@]2(C(=O)N[C@@H](CC(C)C)C(=O)O)CC[C@]3(C)[C@H](CC[C@@H]4[C@@]5(C)CC[C@@H](O)[C@@](C)(C(=O)O)[C@@H]5CC[C@]43C)[C@@H]12. The van der Waals surface area contributed by atoms with Gasteiger partial charge in [0.05, 0.1) is 16.9 Å². The Balaban J connectivity index is 1.52. The van der Waals surface area contributed by atoms with Gasteiger partial charge in [-0.25, -0.2) is 4.79 Å². The van der Waals surface area contributed by atoms with Crippen molar-refractivity contribution < 1.29 is 29.7 Å². The van der Waals surface area contributed by atoms with E-state index in [1.165, 1.54) is 0 Å². The van der Waals surface area contributed by atoms with Crippen LogP contribution in [0.5, 0.6) is 0 Å². The smallest absolute Gasteiger partial charge is 0.326 e. The van der Waals surface area contributed by atoms with E-state index < -0.39 is 34.9 Å². The molecular formula is C36H57NO6. The predicted molar refractivity (Wildman–Crippen MR) is 166 cm³/mol. The largest absolute Gasteiger partial charge is 0.481 e. The molecule has 43 heavy (non-hydrogen) atoms. The number of carboxylic acids is 2. The van der Waals surface area contributed by atoms with E-state index in [0.29, 0.717) is 24.7 Å². The molecule has 0 saturated heterocycles. The third-order valence-corrected chi connectivity index (χ3v) is 14.9. The molecule has 12 atom stereocenters. The maximum absolute atomic E-state index is 14.3. The van der Waals surface area contributed by atoms with E-state index in [0.717, 1.165) is 63.4 Å². The second-order valence-corrected chi connectivity index (χ2v) is 17.0. The standard InChI is InChI=1S/C36H57NO6/c1-20(2)19-24(29(39)40)37-30(41)36-16-11-22(21(3)4)28(36)23-9-10-25-32(5)14-13-27(38)35(8,31(42)43)26(32)12-15-34(25,7)33(23,6)17-18-36/h20,22-28,38H,3,9-19H2,1-2,4-8H3,(H,37,41)(H,39,40)(H,42,43)/t22-,23+,24-,25+,26+,27+,28+,32+,33+,34+,35-,36-/m0/s1. The molecule has 0 aromatic carbocycles. The van der Waals surface area contributed by atoms with Gasteiger partial charge in [-0.2, -0.15) is 0 Å². The monoisotopic (exact) mass is 599 g/mol. The van der Waals surface area contributed by atoms with Crippen LogP contribution in [0.25, 0.3) is 0 Å². The minimum Gasteiger partial charge on any atom is -0.481 e. The quantitative estimate of drug-likeness (QED) is 0.242. The van der Waals surface area contributed by atoms with E-state index in [1.807, 2.05) is 13.8 Å². The van der Waals surface area contributed by atoms with Gasteiger partial charge in [-0.3, -0.25) is 9.59 Å². The van der Waals surface area contributed by atoms with Crippen LogP contribution in [0.1, 0.15) is 119 Å². The molecule has 0 heterocycles. The Morgan fingerprint density at radius 2 is 1.53 bits per heavy atom. The van der Waals surface area contributed by atoms with Gasteiger partial charge < -0.3 is 20.6 Å². The van der Waals surface area contributed by atoms with Crippen LogP contribution in [0, 0.1) is 62.6 Å². The number of fused-ring (bicyclic) bond motifs is 7. The lowest BCUT2D eigenvalue weighted by atomic mass is 9.32. The molecular weight excluding hydrogens is 542 g/mol. The summed E-state index contributed by atoms with van der Waals surface area (Å²) in [6.07, 6.45) is 8.02. The fourth-order valence-electron chi connectivity index (χ4n) is 12.5. The van der Waals surface area contributed by atoms with E-state index in [-0.39, 0.29) is 45.8 Å². The zero-order valence-corrected chi connectivity index (χ0v) is 27.7. The van der Waals surface area contributed by atoms with Crippen LogP contribution in [-0.2, 0) is 14.4 Å². The first-order valence-electron chi connectivity index (χ1n) is 17.0. The lowest BCUT2D eigenvalue weighted by Gasteiger charge is -2.72. The summed E-state index contributed by atoms with van der Waals surface area (Å²) < 4.78 is 0. The van der Waals surface area contributed by atoms with Crippen molar-refractivity contribution in [2.24, 2.45) is 62.6 Å². The van der Waals surface area contributed by atoms with Crippen LogP contribution in [-0.4, -0.2) is 45.3 Å². The van der Waals surface area contributed by atoms with Crippen LogP contribution in [0.15, 0.2) is 12.2 Å². The number of carboxylic acid groups (broad SMARTS) is 2. The highest BCUT2D eigenvalue weighted by molar-refractivity contribution is 5.88. The Bertz CT molecular complexity index is 1180. The first kappa shape index (κ1) is 32.5. The van der Waals surface area contributed by atoms with E-state index in [2.05, 4.69) is 39.6 Å². The van der Waals surface area contributed by atoms with Crippen molar-refractivity contribution in [3.63, 3.8) is 0 Å². The summed E-state index contributed by atoms with van der Waals surface area (Å²) in [5.41, 5.74) is -0.819. The van der Waals surface area contributed by atoms with Crippen LogP contribution in [0.3, 0.4) is 0 Å². The molecule has 0 spiro atoms. The average Bonchev–Trinajstić information content (AvgIpc) is 3.32. The molecule has 0 aliphatic heterocycles. The molecule has 0 aromatic rings. The Labute approximate surface area is 258 Å². The number of nitrogens with one attached hydrogen (secondary N) is 1. The highest BCUT2D eigenvalue weighted by atomic mass is 16.4. The summed E-state index contributed by atoms with van der Waals surface area (Å²) in [6.45, 7) is 19.5. The molecule has 0 radical (unpaired) electrons. The zero-order valence-electron chi connectivity index (χ0n) is 27.7. The number of aliphatic carboxylic acids is 2. The number of carbonyl (C=O) groups is 3. The molecule has 1 amide bonds. The summed E-state index contributed by atoms with van der Waals surface area (Å²) in [6, 6.07) is -0.881. The molecule has 4 N–H and O–H groups in total. The number of aliphatic hydroxyl groups is 1. The Hall–Kier alpha value is -1.89. The predicted octanol–water partition coefficient (Wildman–Crippen LogP) is 6.69. The third-order valence-electron chi connectivity index (χ3n) is 14.9. The first-order valence-corrected chi connectivity index (χ1v) is 17.0. The number of amides is 1. The molecule has 5 fully saturated rings. The molecule has 0 bridgehead atoms. The number of rotatable bonds is 7. The van der Waals surface area contributed by atoms with Crippen molar-refractivity contribution >= 4 is 17.8 Å². The lowest BCUT2D eigenvalue weighted by molar-refractivity contribution is -0.249. The minimum absolute atomic E-state index is 0.0189. The minimum atomic E-state index is -1.14. The Morgan fingerprint density at radius 1 is 0.860 bits per heavy atom. The molecule has 5 rings (SSSR count). The molecule has 242 valence electrons. The number of allylic oxidation sites excluding steroid dienone is 1. The topological polar surface area (TPSA) is 124 Å². The van der Waals surface area contributed by atoms with Gasteiger partial charge in [-0.15, -0.1) is 0 Å². The molecule has 7 heteroatoms. The van der Waals surface area contributed by atoms with E-state index >= 15 is 0 Å². The number of aliphatic hydroxyl groups excluding tert-OH is 1. The summed E-state index contributed by atoms with van der Waals surface area (Å²) in [7, 11) is 0. The van der Waals surface area contributed by atoms with Crippen molar-refractivity contribution in [1.29, 1.82) is 0 Å². The molecule has 7 nitrogen and oxygen atoms in total. The Morgan fingerprint density at radius 3 is 2.12 bits per heavy atom. The molecule has 0 unspecified atom stereocenters. The van der Waals surface area contributed by atoms with Gasteiger partial charge in [0.25, 0.3) is 0 Å². The molecule has 0 aromatic heterocycles. The second kappa shape index (κ2) is 10.6. The van der Waals surface area contributed by atoms with Gasteiger partial charge >= 0.3 is 11.9 Å². The van der Waals surface area contributed by atoms with Gasteiger partial charge in [0.1, 0.15) is 6.04 Å².